The molecule has 0 fully saturated rings. The number of nitrogens with zero attached hydrogens (tertiary/aromatic N) is 1. The Morgan fingerprint density at radius 2 is 2.00 bits per heavy atom. The minimum atomic E-state index is -0.928. The fourth-order valence-corrected chi connectivity index (χ4v) is 2.36. The van der Waals surface area contributed by atoms with E-state index in [2.05, 4.69) is 31.9 Å². The Morgan fingerprint density at radius 1 is 1.25 bits per heavy atom. The third kappa shape index (κ3) is 3.34. The molecule has 0 amide bonds. The second kappa shape index (κ2) is 6.32. The Balaban J connectivity index is 2.33. The highest BCUT2D eigenvalue weighted by Crippen LogP contribution is 2.31. The van der Waals surface area contributed by atoms with Crippen LogP contribution in [-0.4, -0.2) is 4.92 Å². The summed E-state index contributed by atoms with van der Waals surface area (Å²) >= 11 is 6.66. The summed E-state index contributed by atoms with van der Waals surface area (Å²) in [5.41, 5.74) is 0.305. The molecule has 0 bridgehead atoms. The van der Waals surface area contributed by atoms with Crippen LogP contribution in [-0.2, 0) is 5.33 Å². The minimum Gasteiger partial charge on any atom is -0.457 e. The van der Waals surface area contributed by atoms with Crippen LogP contribution in [0.2, 0.25) is 0 Å². The first-order chi connectivity index (χ1) is 9.51. The van der Waals surface area contributed by atoms with E-state index in [0.29, 0.717) is 11.1 Å². The van der Waals surface area contributed by atoms with Gasteiger partial charge in [-0.05, 0) is 18.2 Å². The number of nitro benzene ring substituents is 1. The van der Waals surface area contributed by atoms with Crippen LogP contribution in [0, 0.1) is 15.9 Å². The van der Waals surface area contributed by atoms with Gasteiger partial charge in [0.1, 0.15) is 11.5 Å². The third-order valence-electron chi connectivity index (χ3n) is 2.52. The normalized spacial score (nSPS) is 10.3. The SMILES string of the molecule is O=[N+]([O-])c1ccc(Oc2cc(Br)ccc2CBr)cc1F. The number of ether oxygens (including phenoxy) is 1. The maximum Gasteiger partial charge on any atom is 0.305 e. The average molecular weight is 405 g/mol. The number of halogens is 3. The van der Waals surface area contributed by atoms with Gasteiger partial charge in [-0.15, -0.1) is 0 Å². The zero-order valence-corrected chi connectivity index (χ0v) is 13.1. The van der Waals surface area contributed by atoms with Gasteiger partial charge < -0.3 is 4.74 Å². The van der Waals surface area contributed by atoms with Crippen LogP contribution >= 0.6 is 31.9 Å². The van der Waals surface area contributed by atoms with Crippen LogP contribution in [0.4, 0.5) is 10.1 Å². The summed E-state index contributed by atoms with van der Waals surface area (Å²) in [6, 6.07) is 8.90. The number of nitro groups is 1. The molecule has 104 valence electrons. The average Bonchev–Trinajstić information content (AvgIpc) is 2.38. The van der Waals surface area contributed by atoms with E-state index < -0.39 is 16.4 Å². The Hall–Kier alpha value is -1.47. The first-order valence-corrected chi connectivity index (χ1v) is 7.39. The molecule has 0 aliphatic heterocycles. The van der Waals surface area contributed by atoms with Crippen molar-refractivity contribution in [1.82, 2.24) is 0 Å². The predicted molar refractivity (Wildman–Crippen MR) is 79.9 cm³/mol. The van der Waals surface area contributed by atoms with Gasteiger partial charge in [-0.25, -0.2) is 0 Å². The van der Waals surface area contributed by atoms with E-state index in [9.17, 15) is 14.5 Å². The third-order valence-corrected chi connectivity index (χ3v) is 3.61. The molecular formula is C13H8Br2FNO3. The van der Waals surface area contributed by atoms with Crippen molar-refractivity contribution in [2.45, 2.75) is 5.33 Å². The fraction of sp³-hybridized carbons (Fsp3) is 0.0769. The highest BCUT2D eigenvalue weighted by atomic mass is 79.9. The molecule has 0 heterocycles. The van der Waals surface area contributed by atoms with Crippen LogP contribution in [0.25, 0.3) is 0 Å². The molecule has 0 atom stereocenters. The summed E-state index contributed by atoms with van der Waals surface area (Å²) in [6.07, 6.45) is 0. The van der Waals surface area contributed by atoms with Crippen LogP contribution in [0.1, 0.15) is 5.56 Å². The van der Waals surface area contributed by atoms with Gasteiger partial charge in [0, 0.05) is 27.5 Å². The zero-order valence-electron chi connectivity index (χ0n) is 9.98. The lowest BCUT2D eigenvalue weighted by Crippen LogP contribution is -1.94. The van der Waals surface area contributed by atoms with E-state index in [-0.39, 0.29) is 5.75 Å². The van der Waals surface area contributed by atoms with E-state index in [0.717, 1.165) is 22.2 Å². The summed E-state index contributed by atoms with van der Waals surface area (Å²) in [6.45, 7) is 0. The lowest BCUT2D eigenvalue weighted by atomic mass is 10.2. The largest absolute Gasteiger partial charge is 0.457 e. The molecule has 2 rings (SSSR count). The van der Waals surface area contributed by atoms with E-state index >= 15 is 0 Å². The van der Waals surface area contributed by atoms with Crippen molar-refractivity contribution < 1.29 is 14.1 Å². The molecule has 20 heavy (non-hydrogen) atoms. The molecule has 2 aromatic carbocycles. The van der Waals surface area contributed by atoms with Crippen LogP contribution in [0.3, 0.4) is 0 Å². The molecule has 7 heteroatoms. The molecule has 0 aromatic heterocycles. The maximum atomic E-state index is 13.5. The van der Waals surface area contributed by atoms with Crippen LogP contribution < -0.4 is 4.74 Å². The lowest BCUT2D eigenvalue weighted by Gasteiger charge is -2.10. The maximum absolute atomic E-state index is 13.5. The molecule has 0 saturated heterocycles. The highest BCUT2D eigenvalue weighted by molar-refractivity contribution is 9.10. The van der Waals surface area contributed by atoms with Gasteiger partial charge in [0.2, 0.25) is 5.82 Å². The van der Waals surface area contributed by atoms with Gasteiger partial charge in [0.05, 0.1) is 4.92 Å². The number of hydrogen-bond donors (Lipinski definition) is 0. The van der Waals surface area contributed by atoms with Crippen LogP contribution in [0.15, 0.2) is 40.9 Å². The van der Waals surface area contributed by atoms with Gasteiger partial charge in [-0.1, -0.05) is 37.9 Å². The van der Waals surface area contributed by atoms with Crippen molar-refractivity contribution >= 4 is 37.5 Å². The van der Waals surface area contributed by atoms with Gasteiger partial charge in [-0.2, -0.15) is 4.39 Å². The van der Waals surface area contributed by atoms with Gasteiger partial charge in [0.15, 0.2) is 0 Å². The molecule has 0 saturated carbocycles. The summed E-state index contributed by atoms with van der Waals surface area (Å²) in [4.78, 5) is 9.77. The second-order valence-electron chi connectivity index (χ2n) is 3.86. The Bertz CT molecular complexity index is 664. The van der Waals surface area contributed by atoms with Gasteiger partial charge in [-0.3, -0.25) is 10.1 Å². The van der Waals surface area contributed by atoms with Crippen molar-refractivity contribution in [2.24, 2.45) is 0 Å². The van der Waals surface area contributed by atoms with Crippen molar-refractivity contribution in [3.8, 4) is 11.5 Å². The van der Waals surface area contributed by atoms with E-state index in [1.165, 1.54) is 6.07 Å². The van der Waals surface area contributed by atoms with Crippen molar-refractivity contribution in [3.05, 3.63) is 62.4 Å². The Morgan fingerprint density at radius 3 is 2.60 bits per heavy atom. The topological polar surface area (TPSA) is 52.4 Å². The van der Waals surface area contributed by atoms with E-state index in [1.54, 1.807) is 6.07 Å². The number of hydrogen-bond acceptors (Lipinski definition) is 3. The molecule has 0 unspecified atom stereocenters. The minimum absolute atomic E-state index is 0.202. The number of rotatable bonds is 4. The standard InChI is InChI=1S/C13H8Br2FNO3/c14-7-8-1-2-9(15)5-13(8)20-10-3-4-12(17(18)19)11(16)6-10/h1-6H,7H2. The zero-order chi connectivity index (χ0) is 14.7. The molecule has 0 aliphatic carbocycles. The number of alkyl halides is 1. The van der Waals surface area contributed by atoms with Crippen molar-refractivity contribution in [3.63, 3.8) is 0 Å². The first-order valence-electron chi connectivity index (χ1n) is 5.47. The van der Waals surface area contributed by atoms with Crippen LogP contribution in [0.5, 0.6) is 11.5 Å². The predicted octanol–water partition coefficient (Wildman–Crippen LogP) is 5.18. The number of benzene rings is 2. The molecule has 0 radical (unpaired) electrons. The Kier molecular flexibility index (Phi) is 4.72. The second-order valence-corrected chi connectivity index (χ2v) is 5.33. The fourth-order valence-electron chi connectivity index (χ4n) is 1.56. The molecule has 0 N–H and O–H groups in total. The van der Waals surface area contributed by atoms with E-state index in [1.807, 2.05) is 12.1 Å². The smallest absolute Gasteiger partial charge is 0.305 e. The van der Waals surface area contributed by atoms with Crippen molar-refractivity contribution in [2.75, 3.05) is 0 Å². The Labute approximate surface area is 131 Å². The summed E-state index contributed by atoms with van der Waals surface area (Å²) in [5, 5.41) is 11.1. The van der Waals surface area contributed by atoms with Gasteiger partial charge >= 0.3 is 5.69 Å². The molecule has 2 aromatic rings. The molecular weight excluding hydrogens is 397 g/mol. The summed E-state index contributed by atoms with van der Waals surface area (Å²) in [7, 11) is 0. The summed E-state index contributed by atoms with van der Waals surface area (Å²) in [5.74, 6) is -0.180. The molecule has 0 aliphatic rings. The monoisotopic (exact) mass is 403 g/mol. The molecule has 0 spiro atoms. The van der Waals surface area contributed by atoms with Gasteiger partial charge in [0.25, 0.3) is 0 Å². The van der Waals surface area contributed by atoms with E-state index in [4.69, 9.17) is 4.74 Å². The first kappa shape index (κ1) is 14.9. The summed E-state index contributed by atoms with van der Waals surface area (Å²) < 4.78 is 19.9. The highest BCUT2D eigenvalue weighted by Gasteiger charge is 2.15. The quantitative estimate of drug-likeness (QED) is 0.400. The van der Waals surface area contributed by atoms with Crippen molar-refractivity contribution in [1.29, 1.82) is 0 Å². The lowest BCUT2D eigenvalue weighted by molar-refractivity contribution is -0.387. The molecule has 4 nitrogen and oxygen atoms in total.